The smallest absolute Gasteiger partial charge is 0.137 e. The van der Waals surface area contributed by atoms with Gasteiger partial charge in [-0.2, -0.15) is 5.10 Å². The molecule has 0 N–H and O–H groups in total. The standard InChI is InChI=1S/C49H52N4O/c1-30(2)36-21-22-50-45(25-36)52-43-18-14-13-17-41(43)42-20-19-39(29-44(42)52)54-40-27-37(49(7,8)9)26-38(28-40)53-48(35-15-11-10-12-16-35)47(34(6)51-53)46-32(4)23-31(3)24-33(46)5/h10-23,25-31,33,46H,24H2,1-9H3/t31-,33-,46-/m0/s1. The first kappa shape index (κ1) is 35.6. The molecule has 4 aromatic carbocycles. The Hall–Kier alpha value is -5.42. The summed E-state index contributed by atoms with van der Waals surface area (Å²) in [5.74, 6) is 4.26. The molecule has 3 atom stereocenters. The number of aryl methyl sites for hydroxylation is 1. The van der Waals surface area contributed by atoms with Crippen LogP contribution in [0.15, 0.2) is 121 Å². The van der Waals surface area contributed by atoms with Gasteiger partial charge in [0.1, 0.15) is 17.3 Å². The molecule has 54 heavy (non-hydrogen) atoms. The predicted octanol–water partition coefficient (Wildman–Crippen LogP) is 13.3. The van der Waals surface area contributed by atoms with E-state index in [1.165, 1.54) is 45.0 Å². The van der Waals surface area contributed by atoms with E-state index in [4.69, 9.17) is 14.8 Å². The number of hydrogen-bond acceptors (Lipinski definition) is 3. The second-order valence-electron chi connectivity index (χ2n) is 16.9. The number of ether oxygens (including phenoxy) is 1. The van der Waals surface area contributed by atoms with Crippen molar-refractivity contribution in [3.05, 3.63) is 143 Å². The highest BCUT2D eigenvalue weighted by Gasteiger charge is 2.33. The number of para-hydroxylation sites is 1. The highest BCUT2D eigenvalue weighted by Crippen LogP contribution is 2.46. The minimum absolute atomic E-state index is 0.122. The molecule has 0 bridgehead atoms. The highest BCUT2D eigenvalue weighted by molar-refractivity contribution is 6.09. The Morgan fingerprint density at radius 3 is 2.26 bits per heavy atom. The summed E-state index contributed by atoms with van der Waals surface area (Å²) in [7, 11) is 0. The molecule has 8 rings (SSSR count). The average molecular weight is 713 g/mol. The third-order valence-corrected chi connectivity index (χ3v) is 11.4. The minimum Gasteiger partial charge on any atom is -0.457 e. The zero-order valence-electron chi connectivity index (χ0n) is 33.2. The van der Waals surface area contributed by atoms with Crippen LogP contribution < -0.4 is 4.74 Å². The van der Waals surface area contributed by atoms with Gasteiger partial charge in [-0.05, 0) is 97.0 Å². The summed E-state index contributed by atoms with van der Waals surface area (Å²) >= 11 is 0. The van der Waals surface area contributed by atoms with Crippen molar-refractivity contribution in [2.75, 3.05) is 0 Å². The molecule has 0 aliphatic heterocycles. The van der Waals surface area contributed by atoms with E-state index in [1.54, 1.807) is 0 Å². The van der Waals surface area contributed by atoms with Crippen molar-refractivity contribution < 1.29 is 4.74 Å². The summed E-state index contributed by atoms with van der Waals surface area (Å²) < 4.78 is 11.3. The van der Waals surface area contributed by atoms with Crippen molar-refractivity contribution in [1.29, 1.82) is 0 Å². The van der Waals surface area contributed by atoms with E-state index < -0.39 is 0 Å². The molecule has 3 aromatic heterocycles. The topological polar surface area (TPSA) is 44.9 Å². The van der Waals surface area contributed by atoms with Crippen LogP contribution in [0.5, 0.6) is 11.5 Å². The van der Waals surface area contributed by atoms with Crippen LogP contribution in [-0.2, 0) is 5.41 Å². The molecule has 1 aliphatic rings. The summed E-state index contributed by atoms with van der Waals surface area (Å²) in [5, 5.41) is 7.71. The summed E-state index contributed by atoms with van der Waals surface area (Å²) in [4.78, 5) is 4.86. The Kier molecular flexibility index (Phi) is 9.08. The van der Waals surface area contributed by atoms with Gasteiger partial charge in [-0.1, -0.05) is 109 Å². The molecule has 5 nitrogen and oxygen atoms in total. The maximum atomic E-state index is 6.89. The number of fused-ring (bicyclic) bond motifs is 3. The van der Waals surface area contributed by atoms with Gasteiger partial charge in [-0.3, -0.25) is 4.57 Å². The Morgan fingerprint density at radius 1 is 0.778 bits per heavy atom. The lowest BCUT2D eigenvalue weighted by molar-refractivity contribution is 0.391. The van der Waals surface area contributed by atoms with Crippen LogP contribution in [0.4, 0.5) is 0 Å². The van der Waals surface area contributed by atoms with Crippen LogP contribution in [0.25, 0.3) is 44.6 Å². The van der Waals surface area contributed by atoms with E-state index in [1.807, 2.05) is 6.20 Å². The van der Waals surface area contributed by atoms with Crippen molar-refractivity contribution >= 4 is 21.8 Å². The summed E-state index contributed by atoms with van der Waals surface area (Å²) in [6.07, 6.45) is 5.56. The number of nitrogens with zero attached hydrogens (tertiary/aromatic N) is 4. The fourth-order valence-corrected chi connectivity index (χ4v) is 8.79. The first-order valence-corrected chi connectivity index (χ1v) is 19.5. The highest BCUT2D eigenvalue weighted by atomic mass is 16.5. The van der Waals surface area contributed by atoms with E-state index in [-0.39, 0.29) is 5.41 Å². The van der Waals surface area contributed by atoms with Crippen LogP contribution in [0.1, 0.15) is 96.0 Å². The fraction of sp³-hybridized carbons (Fsp3) is 0.306. The van der Waals surface area contributed by atoms with Gasteiger partial charge in [0.2, 0.25) is 0 Å². The zero-order valence-corrected chi connectivity index (χ0v) is 33.2. The van der Waals surface area contributed by atoms with Gasteiger partial charge in [-0.15, -0.1) is 0 Å². The van der Waals surface area contributed by atoms with E-state index >= 15 is 0 Å². The number of benzene rings is 4. The van der Waals surface area contributed by atoms with Crippen molar-refractivity contribution in [2.45, 2.75) is 86.0 Å². The van der Waals surface area contributed by atoms with E-state index in [2.05, 4.69) is 181 Å². The van der Waals surface area contributed by atoms with Gasteiger partial charge in [0.25, 0.3) is 0 Å². The molecule has 0 radical (unpaired) electrons. The van der Waals surface area contributed by atoms with Gasteiger partial charge >= 0.3 is 0 Å². The quantitative estimate of drug-likeness (QED) is 0.155. The fourth-order valence-electron chi connectivity index (χ4n) is 8.79. The van der Waals surface area contributed by atoms with Crippen molar-refractivity contribution in [1.82, 2.24) is 19.3 Å². The molecule has 274 valence electrons. The third-order valence-electron chi connectivity index (χ3n) is 11.4. The largest absolute Gasteiger partial charge is 0.457 e. The Bertz CT molecular complexity index is 2530. The number of rotatable bonds is 7. The van der Waals surface area contributed by atoms with Gasteiger partial charge < -0.3 is 4.74 Å². The molecule has 0 unspecified atom stereocenters. The van der Waals surface area contributed by atoms with Gasteiger partial charge in [0, 0.05) is 46.1 Å². The first-order valence-electron chi connectivity index (χ1n) is 19.5. The second kappa shape index (κ2) is 13.8. The lowest BCUT2D eigenvalue weighted by atomic mass is 9.72. The number of allylic oxidation sites excluding steroid dienone is 2. The Morgan fingerprint density at radius 2 is 1.52 bits per heavy atom. The minimum atomic E-state index is -0.122. The summed E-state index contributed by atoms with van der Waals surface area (Å²) in [6.45, 7) is 20.5. The Balaban J connectivity index is 1.29. The maximum absolute atomic E-state index is 6.89. The van der Waals surface area contributed by atoms with Gasteiger partial charge in [0.05, 0.1) is 28.1 Å². The molecule has 0 saturated heterocycles. The molecule has 3 heterocycles. The van der Waals surface area contributed by atoms with Crippen molar-refractivity contribution in [2.24, 2.45) is 11.8 Å². The molecule has 5 heteroatoms. The van der Waals surface area contributed by atoms with Crippen molar-refractivity contribution in [3.63, 3.8) is 0 Å². The number of pyridine rings is 1. The zero-order chi connectivity index (χ0) is 37.9. The molecule has 0 spiro atoms. The van der Waals surface area contributed by atoms with Crippen LogP contribution in [-0.4, -0.2) is 19.3 Å². The molecule has 1 aliphatic carbocycles. The predicted molar refractivity (Wildman–Crippen MR) is 225 cm³/mol. The maximum Gasteiger partial charge on any atom is 0.137 e. The van der Waals surface area contributed by atoms with Crippen LogP contribution >= 0.6 is 0 Å². The lowest BCUT2D eigenvalue weighted by Crippen LogP contribution is -2.20. The number of aromatic nitrogens is 4. The van der Waals surface area contributed by atoms with E-state index in [0.717, 1.165) is 45.4 Å². The van der Waals surface area contributed by atoms with Crippen LogP contribution in [0.2, 0.25) is 0 Å². The SMILES string of the molecule is CC1=C[C@H](C)C[C@H](C)[C@H]1c1c(C)nn(-c2cc(Oc3ccc4c5ccccc5n(-c5cc(C(C)C)ccn5)c4c3)cc(C(C)(C)C)c2)c1-c1ccccc1. The molecule has 0 amide bonds. The van der Waals surface area contributed by atoms with Gasteiger partial charge in [-0.25, -0.2) is 9.67 Å². The van der Waals surface area contributed by atoms with Crippen LogP contribution in [0, 0.1) is 18.8 Å². The molecule has 0 fully saturated rings. The first-order chi connectivity index (χ1) is 25.9. The third kappa shape index (κ3) is 6.44. The van der Waals surface area contributed by atoms with E-state index in [0.29, 0.717) is 23.7 Å². The van der Waals surface area contributed by atoms with Gasteiger partial charge in [0.15, 0.2) is 0 Å². The number of hydrogen-bond donors (Lipinski definition) is 0. The summed E-state index contributed by atoms with van der Waals surface area (Å²) in [6, 6.07) is 36.7. The monoisotopic (exact) mass is 712 g/mol. The molecular weight excluding hydrogens is 661 g/mol. The Labute approximate surface area is 320 Å². The average Bonchev–Trinajstić information content (AvgIpc) is 3.65. The molecule has 7 aromatic rings. The lowest BCUT2D eigenvalue weighted by Gasteiger charge is -2.32. The summed E-state index contributed by atoms with van der Waals surface area (Å²) in [5.41, 5.74) is 11.7. The second-order valence-corrected chi connectivity index (χ2v) is 16.9. The van der Waals surface area contributed by atoms with E-state index in [9.17, 15) is 0 Å². The molecule has 0 saturated carbocycles. The van der Waals surface area contributed by atoms with Crippen LogP contribution in [0.3, 0.4) is 0 Å². The normalized spacial score (nSPS) is 17.7. The van der Waals surface area contributed by atoms with Crippen molar-refractivity contribution in [3.8, 4) is 34.3 Å². The molecular formula is C49H52N4O.